The highest BCUT2D eigenvalue weighted by Gasteiger charge is 2.23. The molecule has 0 spiro atoms. The Morgan fingerprint density at radius 1 is 1.15 bits per heavy atom. The van der Waals surface area contributed by atoms with Crippen molar-refractivity contribution in [3.63, 3.8) is 0 Å². The van der Waals surface area contributed by atoms with Gasteiger partial charge in [-0.05, 0) is 49.2 Å². The molecule has 0 aromatic heterocycles. The molecule has 1 heterocycles. The Balaban J connectivity index is 1.49. The molecular formula is C19H21NO6S. The number of sulfonamides is 1. The van der Waals surface area contributed by atoms with Gasteiger partial charge in [0.15, 0.2) is 17.6 Å². The fourth-order valence-corrected chi connectivity index (χ4v) is 3.55. The fraction of sp³-hybridized carbons (Fsp3) is 0.316. The number of nitrogens with one attached hydrogen (secondary N) is 1. The van der Waals surface area contributed by atoms with Crippen LogP contribution in [0.1, 0.15) is 11.1 Å². The first-order chi connectivity index (χ1) is 12.8. The maximum absolute atomic E-state index is 12.3. The number of hydrogen-bond acceptors (Lipinski definition) is 6. The molecule has 1 atom stereocenters. The molecule has 1 aliphatic rings. The molecule has 2 aromatic rings. The van der Waals surface area contributed by atoms with Crippen LogP contribution >= 0.6 is 0 Å². The average Bonchev–Trinajstić information content (AvgIpc) is 2.66. The summed E-state index contributed by atoms with van der Waals surface area (Å²) in [7, 11) is -3.78. The normalized spacial score (nSPS) is 16.0. The fourth-order valence-electron chi connectivity index (χ4n) is 2.50. The third kappa shape index (κ3) is 4.78. The van der Waals surface area contributed by atoms with Crippen molar-refractivity contribution in [2.45, 2.75) is 24.8 Å². The molecule has 8 heteroatoms. The van der Waals surface area contributed by atoms with Crippen LogP contribution in [-0.4, -0.2) is 40.2 Å². The number of aryl methyl sites for hydroxylation is 2. The van der Waals surface area contributed by atoms with Gasteiger partial charge in [0, 0.05) is 0 Å². The van der Waals surface area contributed by atoms with Crippen LogP contribution in [0.3, 0.4) is 0 Å². The minimum Gasteiger partial charge on any atom is -0.486 e. The van der Waals surface area contributed by atoms with Gasteiger partial charge in [0.05, 0.1) is 4.90 Å². The minimum atomic E-state index is -3.78. The van der Waals surface area contributed by atoms with Crippen molar-refractivity contribution < 1.29 is 27.4 Å². The number of para-hydroxylation sites is 2. The molecule has 7 nitrogen and oxygen atoms in total. The summed E-state index contributed by atoms with van der Waals surface area (Å²) in [5, 5.41) is 0. The van der Waals surface area contributed by atoms with Gasteiger partial charge in [-0.3, -0.25) is 4.79 Å². The van der Waals surface area contributed by atoms with Crippen molar-refractivity contribution in [2.75, 3.05) is 19.8 Å². The third-order valence-corrected chi connectivity index (χ3v) is 5.59. The SMILES string of the molecule is Cc1ccc(S(=O)(=O)NCC(=O)OCC2COc3ccccc3O2)cc1C. The number of ether oxygens (including phenoxy) is 3. The lowest BCUT2D eigenvalue weighted by Crippen LogP contribution is -2.36. The molecule has 0 saturated carbocycles. The zero-order valence-corrected chi connectivity index (χ0v) is 15.9. The topological polar surface area (TPSA) is 90.9 Å². The van der Waals surface area contributed by atoms with Gasteiger partial charge >= 0.3 is 5.97 Å². The summed E-state index contributed by atoms with van der Waals surface area (Å²) in [6, 6.07) is 12.0. The second kappa shape index (κ2) is 7.98. The Morgan fingerprint density at radius 2 is 1.89 bits per heavy atom. The van der Waals surface area contributed by atoms with Gasteiger partial charge in [0.2, 0.25) is 10.0 Å². The highest BCUT2D eigenvalue weighted by molar-refractivity contribution is 7.89. The molecule has 1 aliphatic heterocycles. The Hall–Kier alpha value is -2.58. The molecule has 0 fully saturated rings. The van der Waals surface area contributed by atoms with Crippen LogP contribution in [0.25, 0.3) is 0 Å². The predicted octanol–water partition coefficient (Wildman–Crippen LogP) is 1.96. The number of rotatable bonds is 6. The lowest BCUT2D eigenvalue weighted by Gasteiger charge is -2.26. The predicted molar refractivity (Wildman–Crippen MR) is 98.4 cm³/mol. The molecule has 0 bridgehead atoms. The number of hydrogen-bond donors (Lipinski definition) is 1. The molecule has 144 valence electrons. The zero-order valence-electron chi connectivity index (χ0n) is 15.1. The third-order valence-electron chi connectivity index (χ3n) is 4.19. The molecule has 0 amide bonds. The van der Waals surface area contributed by atoms with E-state index in [1.165, 1.54) is 6.07 Å². The number of fused-ring (bicyclic) bond motifs is 1. The smallest absolute Gasteiger partial charge is 0.321 e. The first-order valence-electron chi connectivity index (χ1n) is 8.46. The van der Waals surface area contributed by atoms with Crippen molar-refractivity contribution in [3.8, 4) is 11.5 Å². The quantitative estimate of drug-likeness (QED) is 0.757. The summed E-state index contributed by atoms with van der Waals surface area (Å²) in [4.78, 5) is 12.0. The van der Waals surface area contributed by atoms with Crippen molar-refractivity contribution in [2.24, 2.45) is 0 Å². The maximum Gasteiger partial charge on any atom is 0.321 e. The molecule has 1 unspecified atom stereocenters. The second-order valence-electron chi connectivity index (χ2n) is 6.25. The molecule has 1 N–H and O–H groups in total. The Bertz CT molecular complexity index is 941. The van der Waals surface area contributed by atoms with Gasteiger partial charge < -0.3 is 14.2 Å². The van der Waals surface area contributed by atoms with Gasteiger partial charge in [-0.2, -0.15) is 4.72 Å². The van der Waals surface area contributed by atoms with E-state index in [4.69, 9.17) is 14.2 Å². The Kier molecular flexibility index (Phi) is 5.67. The second-order valence-corrected chi connectivity index (χ2v) is 8.02. The largest absolute Gasteiger partial charge is 0.486 e. The first-order valence-corrected chi connectivity index (χ1v) is 9.94. The van der Waals surface area contributed by atoms with E-state index in [2.05, 4.69) is 4.72 Å². The highest BCUT2D eigenvalue weighted by Crippen LogP contribution is 2.30. The van der Waals surface area contributed by atoms with Crippen molar-refractivity contribution in [3.05, 3.63) is 53.6 Å². The molecular weight excluding hydrogens is 370 g/mol. The van der Waals surface area contributed by atoms with Crippen LogP contribution in [0.2, 0.25) is 0 Å². The van der Waals surface area contributed by atoms with E-state index in [1.54, 1.807) is 24.3 Å². The van der Waals surface area contributed by atoms with Crippen LogP contribution in [-0.2, 0) is 19.6 Å². The monoisotopic (exact) mass is 391 g/mol. The Morgan fingerprint density at radius 3 is 2.63 bits per heavy atom. The molecule has 3 rings (SSSR count). The van der Waals surface area contributed by atoms with Crippen LogP contribution in [0.4, 0.5) is 0 Å². The summed E-state index contributed by atoms with van der Waals surface area (Å²) in [6.45, 7) is 3.48. The molecule has 2 aromatic carbocycles. The summed E-state index contributed by atoms with van der Waals surface area (Å²) >= 11 is 0. The number of carbonyl (C=O) groups excluding carboxylic acids is 1. The number of benzene rings is 2. The van der Waals surface area contributed by atoms with E-state index < -0.39 is 28.6 Å². The summed E-state index contributed by atoms with van der Waals surface area (Å²) < 4.78 is 43.1. The number of esters is 1. The van der Waals surface area contributed by atoms with Crippen molar-refractivity contribution in [1.82, 2.24) is 4.72 Å². The summed E-state index contributed by atoms with van der Waals surface area (Å²) in [5.41, 5.74) is 1.85. The van der Waals surface area contributed by atoms with Crippen molar-refractivity contribution in [1.29, 1.82) is 0 Å². The lowest BCUT2D eigenvalue weighted by atomic mass is 10.1. The zero-order chi connectivity index (χ0) is 19.4. The van der Waals surface area contributed by atoms with E-state index in [0.717, 1.165) is 11.1 Å². The van der Waals surface area contributed by atoms with E-state index >= 15 is 0 Å². The molecule has 0 radical (unpaired) electrons. The van der Waals surface area contributed by atoms with E-state index in [1.807, 2.05) is 26.0 Å². The maximum atomic E-state index is 12.3. The van der Waals surface area contributed by atoms with Gasteiger partial charge in [-0.1, -0.05) is 18.2 Å². The van der Waals surface area contributed by atoms with Crippen molar-refractivity contribution >= 4 is 16.0 Å². The molecule has 0 aliphatic carbocycles. The van der Waals surface area contributed by atoms with Gasteiger partial charge in [0.25, 0.3) is 0 Å². The van der Waals surface area contributed by atoms with Gasteiger partial charge in [0.1, 0.15) is 19.8 Å². The minimum absolute atomic E-state index is 0.0292. The molecule has 27 heavy (non-hydrogen) atoms. The average molecular weight is 391 g/mol. The first kappa shape index (κ1) is 19.2. The molecule has 0 saturated heterocycles. The summed E-state index contributed by atoms with van der Waals surface area (Å²) in [5.74, 6) is 0.534. The highest BCUT2D eigenvalue weighted by atomic mass is 32.2. The van der Waals surface area contributed by atoms with Gasteiger partial charge in [-0.15, -0.1) is 0 Å². The van der Waals surface area contributed by atoms with Crippen LogP contribution < -0.4 is 14.2 Å². The van der Waals surface area contributed by atoms with E-state index in [-0.39, 0.29) is 18.1 Å². The van der Waals surface area contributed by atoms with Crippen LogP contribution in [0.15, 0.2) is 47.4 Å². The van der Waals surface area contributed by atoms with Crippen LogP contribution in [0, 0.1) is 13.8 Å². The Labute approximate surface area is 158 Å². The summed E-state index contributed by atoms with van der Waals surface area (Å²) in [6.07, 6.45) is -0.444. The van der Waals surface area contributed by atoms with Gasteiger partial charge in [-0.25, -0.2) is 8.42 Å². The number of carbonyl (C=O) groups is 1. The van der Waals surface area contributed by atoms with Crippen LogP contribution in [0.5, 0.6) is 11.5 Å². The standard InChI is InChI=1S/C19H21NO6S/c1-13-7-8-16(9-14(13)2)27(22,23)20-10-19(21)25-12-15-11-24-17-5-3-4-6-18(17)26-15/h3-9,15,20H,10-12H2,1-2H3. The van der Waals surface area contributed by atoms with E-state index in [0.29, 0.717) is 11.5 Å². The lowest BCUT2D eigenvalue weighted by molar-refractivity contribution is -0.145. The van der Waals surface area contributed by atoms with E-state index in [9.17, 15) is 13.2 Å².